The molecular formula is C28H22ClFN4O3. The van der Waals surface area contributed by atoms with E-state index in [1.54, 1.807) is 24.3 Å². The van der Waals surface area contributed by atoms with E-state index in [-0.39, 0.29) is 23.6 Å². The number of hydrogen-bond acceptors (Lipinski definition) is 6. The summed E-state index contributed by atoms with van der Waals surface area (Å²) < 4.78 is 31.1. The molecule has 0 radical (unpaired) electrons. The second-order valence-electron chi connectivity index (χ2n) is 8.26. The van der Waals surface area contributed by atoms with Gasteiger partial charge in [-0.2, -0.15) is 5.26 Å². The molecule has 9 heteroatoms. The molecule has 186 valence electrons. The number of hydrogen-bond donors (Lipinski definition) is 2. The summed E-state index contributed by atoms with van der Waals surface area (Å²) in [6.45, 7) is 2.47. The Morgan fingerprint density at radius 2 is 1.78 bits per heavy atom. The minimum Gasteiger partial charge on any atom is -0.494 e. The van der Waals surface area contributed by atoms with E-state index in [0.717, 1.165) is 16.9 Å². The van der Waals surface area contributed by atoms with Crippen LogP contribution < -0.4 is 19.9 Å². The third-order valence-electron chi connectivity index (χ3n) is 6.05. The van der Waals surface area contributed by atoms with E-state index in [2.05, 4.69) is 16.3 Å². The third-order valence-corrected chi connectivity index (χ3v) is 6.41. The van der Waals surface area contributed by atoms with Gasteiger partial charge in [-0.25, -0.2) is 4.39 Å². The van der Waals surface area contributed by atoms with Crippen LogP contribution in [0.2, 0.25) is 5.02 Å². The van der Waals surface area contributed by atoms with Crippen molar-refractivity contribution in [2.24, 2.45) is 5.73 Å². The molecule has 1 aliphatic rings. The predicted octanol–water partition coefficient (Wildman–Crippen LogP) is 6.07. The van der Waals surface area contributed by atoms with Crippen LogP contribution in [0.15, 0.2) is 78.2 Å². The zero-order chi connectivity index (χ0) is 25.9. The number of nitriles is 1. The summed E-state index contributed by atoms with van der Waals surface area (Å²) >= 11 is 6.10. The molecule has 5 rings (SSSR count). The smallest absolute Gasteiger partial charge is 0.244 e. The lowest BCUT2D eigenvalue weighted by atomic mass is 9.83. The fraction of sp³-hybridized carbons (Fsp3) is 0.143. The molecule has 2 heterocycles. The maximum atomic E-state index is 14.1. The van der Waals surface area contributed by atoms with E-state index in [0.29, 0.717) is 34.5 Å². The first-order chi connectivity index (χ1) is 18.0. The number of nitrogens with one attached hydrogen (secondary N) is 1. The highest BCUT2D eigenvalue weighted by molar-refractivity contribution is 6.31. The number of benzene rings is 3. The average Bonchev–Trinajstić information content (AvgIpc) is 3.32. The van der Waals surface area contributed by atoms with Crippen LogP contribution in [-0.2, 0) is 6.61 Å². The Hall–Kier alpha value is -4.48. The van der Waals surface area contributed by atoms with Gasteiger partial charge in [0.15, 0.2) is 0 Å². The summed E-state index contributed by atoms with van der Waals surface area (Å²) in [5, 5.41) is 17.6. The Morgan fingerprint density at radius 1 is 1.08 bits per heavy atom. The number of ether oxygens (including phenoxy) is 3. The van der Waals surface area contributed by atoms with Crippen molar-refractivity contribution in [1.29, 1.82) is 5.26 Å². The molecule has 0 amide bonds. The minimum absolute atomic E-state index is 0.000681. The zero-order valence-electron chi connectivity index (χ0n) is 19.8. The number of aromatic amines is 1. The van der Waals surface area contributed by atoms with Crippen LogP contribution in [-0.4, -0.2) is 16.8 Å². The molecule has 3 aromatic carbocycles. The number of rotatable bonds is 7. The zero-order valence-corrected chi connectivity index (χ0v) is 20.6. The van der Waals surface area contributed by atoms with Crippen LogP contribution >= 0.6 is 11.6 Å². The van der Waals surface area contributed by atoms with Crippen molar-refractivity contribution in [3.05, 3.63) is 106 Å². The maximum absolute atomic E-state index is 14.1. The molecule has 3 N–H and O–H groups in total. The molecule has 4 aromatic rings. The Labute approximate surface area is 217 Å². The molecule has 7 nitrogen and oxygen atoms in total. The Bertz CT molecular complexity index is 1490. The van der Waals surface area contributed by atoms with Crippen LogP contribution in [0, 0.1) is 17.1 Å². The highest BCUT2D eigenvalue weighted by Gasteiger charge is 2.35. The lowest BCUT2D eigenvalue weighted by molar-refractivity contribution is 0.300. The molecule has 0 saturated heterocycles. The second kappa shape index (κ2) is 10.2. The molecule has 1 aliphatic heterocycles. The van der Waals surface area contributed by atoms with Gasteiger partial charge >= 0.3 is 0 Å². The predicted molar refractivity (Wildman–Crippen MR) is 137 cm³/mol. The largest absolute Gasteiger partial charge is 0.494 e. The van der Waals surface area contributed by atoms with Crippen molar-refractivity contribution in [2.45, 2.75) is 19.4 Å². The summed E-state index contributed by atoms with van der Waals surface area (Å²) in [6, 6.07) is 21.4. The fourth-order valence-corrected chi connectivity index (χ4v) is 4.48. The number of nitrogens with two attached hydrogens (primary N) is 1. The van der Waals surface area contributed by atoms with Gasteiger partial charge in [0.25, 0.3) is 0 Å². The first-order valence-electron chi connectivity index (χ1n) is 11.5. The first-order valence-corrected chi connectivity index (χ1v) is 11.9. The van der Waals surface area contributed by atoms with Gasteiger partial charge in [-0.05, 0) is 61.0 Å². The molecule has 1 aromatic heterocycles. The highest BCUT2D eigenvalue weighted by atomic mass is 35.5. The molecule has 0 spiro atoms. The first kappa shape index (κ1) is 24.2. The van der Waals surface area contributed by atoms with Crippen LogP contribution in [0.3, 0.4) is 0 Å². The molecular weight excluding hydrogens is 495 g/mol. The van der Waals surface area contributed by atoms with E-state index >= 15 is 0 Å². The monoisotopic (exact) mass is 516 g/mol. The minimum atomic E-state index is -0.524. The van der Waals surface area contributed by atoms with Crippen molar-refractivity contribution >= 4 is 11.6 Å². The molecule has 0 aliphatic carbocycles. The van der Waals surface area contributed by atoms with E-state index in [4.69, 9.17) is 31.5 Å². The molecule has 1 atom stereocenters. The van der Waals surface area contributed by atoms with Crippen molar-refractivity contribution in [1.82, 2.24) is 10.2 Å². The van der Waals surface area contributed by atoms with Gasteiger partial charge in [0.2, 0.25) is 11.8 Å². The maximum Gasteiger partial charge on any atom is 0.244 e. The number of fused-ring (bicyclic) bond motifs is 1. The topological polar surface area (TPSA) is 106 Å². The van der Waals surface area contributed by atoms with Crippen LogP contribution in [0.5, 0.6) is 17.4 Å². The lowest BCUT2D eigenvalue weighted by Crippen LogP contribution is -2.21. The van der Waals surface area contributed by atoms with Gasteiger partial charge < -0.3 is 19.9 Å². The number of halogens is 2. The van der Waals surface area contributed by atoms with Gasteiger partial charge in [-0.1, -0.05) is 29.8 Å². The summed E-state index contributed by atoms with van der Waals surface area (Å²) in [5.41, 5.74) is 9.69. The fourth-order valence-electron chi connectivity index (χ4n) is 4.27. The quantitative estimate of drug-likeness (QED) is 0.309. The summed E-state index contributed by atoms with van der Waals surface area (Å²) in [7, 11) is 0. The number of allylic oxidation sites excluding steroid dienone is 1. The van der Waals surface area contributed by atoms with E-state index in [9.17, 15) is 9.65 Å². The van der Waals surface area contributed by atoms with Crippen molar-refractivity contribution in [3.63, 3.8) is 0 Å². The summed E-state index contributed by atoms with van der Waals surface area (Å²) in [6.07, 6.45) is 0. The number of nitrogens with zero attached hydrogens (tertiary/aromatic N) is 2. The van der Waals surface area contributed by atoms with E-state index in [1.165, 1.54) is 6.07 Å². The Balaban J connectivity index is 1.47. The van der Waals surface area contributed by atoms with Gasteiger partial charge in [0, 0.05) is 11.1 Å². The van der Waals surface area contributed by atoms with Gasteiger partial charge in [0.1, 0.15) is 35.6 Å². The lowest BCUT2D eigenvalue weighted by Gasteiger charge is -2.24. The second-order valence-corrected chi connectivity index (χ2v) is 8.66. The molecule has 1 unspecified atom stereocenters. The Morgan fingerprint density at radius 3 is 2.46 bits per heavy atom. The summed E-state index contributed by atoms with van der Waals surface area (Å²) in [5.74, 6) is 0.620. The summed E-state index contributed by atoms with van der Waals surface area (Å²) in [4.78, 5) is 0. The van der Waals surface area contributed by atoms with Crippen molar-refractivity contribution in [3.8, 4) is 34.7 Å². The van der Waals surface area contributed by atoms with Gasteiger partial charge in [-0.15, -0.1) is 5.10 Å². The molecule has 0 saturated carbocycles. The molecule has 37 heavy (non-hydrogen) atoms. The number of aromatic nitrogens is 2. The van der Waals surface area contributed by atoms with Crippen molar-refractivity contribution < 1.29 is 18.6 Å². The standard InChI is InChI=1S/C28H22ClFN4O3/c1-2-35-18-12-8-17(9-13-18)26-25-24(20(14-31)27(32)37-28(25)34-33-26)16-6-10-19(11-7-16)36-15-21-22(29)4-3-5-23(21)30/h3-13,24H,2,15,32H2,1H3,(H,33,34). The number of H-pyrrole nitrogens is 1. The van der Waals surface area contributed by atoms with Gasteiger partial charge in [0.05, 0.1) is 28.8 Å². The molecule has 0 fully saturated rings. The van der Waals surface area contributed by atoms with E-state index < -0.39 is 11.7 Å². The van der Waals surface area contributed by atoms with E-state index in [1.807, 2.05) is 43.3 Å². The average molecular weight is 517 g/mol. The van der Waals surface area contributed by atoms with Crippen LogP contribution in [0.25, 0.3) is 11.3 Å². The van der Waals surface area contributed by atoms with Gasteiger partial charge in [-0.3, -0.25) is 5.10 Å². The van der Waals surface area contributed by atoms with Crippen molar-refractivity contribution in [2.75, 3.05) is 6.61 Å². The Kier molecular flexibility index (Phi) is 6.71. The molecule has 0 bridgehead atoms. The normalized spacial score (nSPS) is 14.5. The third kappa shape index (κ3) is 4.69. The van der Waals surface area contributed by atoms with Crippen LogP contribution in [0.4, 0.5) is 4.39 Å². The highest BCUT2D eigenvalue weighted by Crippen LogP contribution is 2.46. The van der Waals surface area contributed by atoms with Crippen LogP contribution in [0.1, 0.15) is 29.5 Å². The SMILES string of the molecule is CCOc1ccc(-c2[nH]nc3c2C(c2ccc(OCc4c(F)cccc4Cl)cc2)C(C#N)=C(N)O3)cc1.